The SMILES string of the molecule is COc1ccc(Oc2ccc(C(C)=O)cc2F)cc1. The molecule has 98 valence electrons. The zero-order valence-electron chi connectivity index (χ0n) is 10.6. The summed E-state index contributed by atoms with van der Waals surface area (Å²) >= 11 is 0. The third-order valence-electron chi connectivity index (χ3n) is 2.63. The van der Waals surface area contributed by atoms with Crippen LogP contribution in [0, 0.1) is 5.82 Å². The highest BCUT2D eigenvalue weighted by atomic mass is 19.1. The lowest BCUT2D eigenvalue weighted by molar-refractivity contribution is 0.101. The number of ketones is 1. The standard InChI is InChI=1S/C15H13FO3/c1-10(17)11-3-8-15(14(16)9-11)19-13-6-4-12(18-2)5-7-13/h3-9H,1-2H3. The number of ether oxygens (including phenoxy) is 2. The second-order valence-electron chi connectivity index (χ2n) is 3.98. The van der Waals surface area contributed by atoms with Gasteiger partial charge in [-0.05, 0) is 49.4 Å². The summed E-state index contributed by atoms with van der Waals surface area (Å²) in [5.41, 5.74) is 0.319. The number of hydrogen-bond acceptors (Lipinski definition) is 3. The lowest BCUT2D eigenvalue weighted by Gasteiger charge is -2.08. The van der Waals surface area contributed by atoms with Crippen molar-refractivity contribution in [1.82, 2.24) is 0 Å². The van der Waals surface area contributed by atoms with Crippen molar-refractivity contribution in [2.75, 3.05) is 7.11 Å². The number of carbonyl (C=O) groups excluding carboxylic acids is 1. The maximum Gasteiger partial charge on any atom is 0.166 e. The fraction of sp³-hybridized carbons (Fsp3) is 0.133. The monoisotopic (exact) mass is 260 g/mol. The van der Waals surface area contributed by atoms with Crippen molar-refractivity contribution in [1.29, 1.82) is 0 Å². The number of hydrogen-bond donors (Lipinski definition) is 0. The summed E-state index contributed by atoms with van der Waals surface area (Å²) < 4.78 is 24.2. The first kappa shape index (κ1) is 13.1. The van der Waals surface area contributed by atoms with Crippen molar-refractivity contribution in [3.63, 3.8) is 0 Å². The molecule has 0 bridgehead atoms. The van der Waals surface area contributed by atoms with Crippen LogP contribution in [0.1, 0.15) is 17.3 Å². The van der Waals surface area contributed by atoms with Crippen molar-refractivity contribution in [2.45, 2.75) is 6.92 Å². The average molecular weight is 260 g/mol. The van der Waals surface area contributed by atoms with Crippen molar-refractivity contribution < 1.29 is 18.7 Å². The molecule has 0 atom stereocenters. The molecule has 0 aromatic heterocycles. The Balaban J connectivity index is 2.20. The Bertz CT molecular complexity index is 591. The van der Waals surface area contributed by atoms with E-state index in [0.717, 1.165) is 0 Å². The summed E-state index contributed by atoms with van der Waals surface area (Å²) in [6, 6.07) is 10.9. The van der Waals surface area contributed by atoms with Crippen LogP contribution in [0.2, 0.25) is 0 Å². The van der Waals surface area contributed by atoms with Crippen LogP contribution < -0.4 is 9.47 Å². The minimum absolute atomic E-state index is 0.0789. The highest BCUT2D eigenvalue weighted by Gasteiger charge is 2.08. The number of carbonyl (C=O) groups is 1. The van der Waals surface area contributed by atoms with Crippen LogP contribution in [0.25, 0.3) is 0 Å². The van der Waals surface area contributed by atoms with Crippen LogP contribution in [0.15, 0.2) is 42.5 Å². The highest BCUT2D eigenvalue weighted by Crippen LogP contribution is 2.26. The highest BCUT2D eigenvalue weighted by molar-refractivity contribution is 5.94. The number of methoxy groups -OCH3 is 1. The molecule has 0 aliphatic carbocycles. The molecular weight excluding hydrogens is 247 g/mol. The number of halogens is 1. The van der Waals surface area contributed by atoms with Gasteiger partial charge in [-0.2, -0.15) is 0 Å². The third-order valence-corrected chi connectivity index (χ3v) is 2.63. The molecule has 0 unspecified atom stereocenters. The van der Waals surface area contributed by atoms with Gasteiger partial charge in [0.2, 0.25) is 0 Å². The Morgan fingerprint density at radius 2 is 1.68 bits per heavy atom. The van der Waals surface area contributed by atoms with Gasteiger partial charge in [-0.3, -0.25) is 4.79 Å². The Labute approximate surface area is 110 Å². The zero-order valence-corrected chi connectivity index (χ0v) is 10.6. The summed E-state index contributed by atoms with van der Waals surface area (Å²) in [4.78, 5) is 11.1. The van der Waals surface area contributed by atoms with E-state index in [9.17, 15) is 9.18 Å². The molecule has 0 aliphatic heterocycles. The second kappa shape index (κ2) is 5.52. The molecule has 0 saturated heterocycles. The predicted molar refractivity (Wildman–Crippen MR) is 69.5 cm³/mol. The number of rotatable bonds is 4. The molecule has 0 fully saturated rings. The summed E-state index contributed by atoms with van der Waals surface area (Å²) in [7, 11) is 1.57. The Kier molecular flexibility index (Phi) is 3.80. The molecule has 19 heavy (non-hydrogen) atoms. The molecule has 0 spiro atoms. The van der Waals surface area contributed by atoms with E-state index in [1.807, 2.05) is 0 Å². The van der Waals surface area contributed by atoms with Gasteiger partial charge >= 0.3 is 0 Å². The van der Waals surface area contributed by atoms with Gasteiger partial charge in [-0.15, -0.1) is 0 Å². The molecule has 0 N–H and O–H groups in total. The van der Waals surface area contributed by atoms with E-state index in [4.69, 9.17) is 9.47 Å². The van der Waals surface area contributed by atoms with Crippen LogP contribution in [0.3, 0.4) is 0 Å². The molecule has 2 aromatic rings. The summed E-state index contributed by atoms with van der Waals surface area (Å²) in [5.74, 6) is 0.517. The second-order valence-corrected chi connectivity index (χ2v) is 3.98. The van der Waals surface area contributed by atoms with Gasteiger partial charge < -0.3 is 9.47 Å². The van der Waals surface area contributed by atoms with Crippen molar-refractivity contribution in [3.8, 4) is 17.2 Å². The first-order valence-corrected chi connectivity index (χ1v) is 5.72. The van der Waals surface area contributed by atoms with Crippen LogP contribution in [-0.4, -0.2) is 12.9 Å². The predicted octanol–water partition coefficient (Wildman–Crippen LogP) is 3.83. The van der Waals surface area contributed by atoms with Crippen molar-refractivity contribution >= 4 is 5.78 Å². The third kappa shape index (κ3) is 3.10. The van der Waals surface area contributed by atoms with Crippen molar-refractivity contribution in [2.24, 2.45) is 0 Å². The van der Waals surface area contributed by atoms with E-state index in [0.29, 0.717) is 17.1 Å². The van der Waals surface area contributed by atoms with Gasteiger partial charge in [0.25, 0.3) is 0 Å². The lowest BCUT2D eigenvalue weighted by atomic mass is 10.1. The average Bonchev–Trinajstić information content (AvgIpc) is 2.41. The van der Waals surface area contributed by atoms with E-state index >= 15 is 0 Å². The smallest absolute Gasteiger partial charge is 0.166 e. The zero-order chi connectivity index (χ0) is 13.8. The molecule has 3 nitrogen and oxygen atoms in total. The van der Waals surface area contributed by atoms with Gasteiger partial charge in [0.05, 0.1) is 7.11 Å². The van der Waals surface area contributed by atoms with Crippen molar-refractivity contribution in [3.05, 3.63) is 53.8 Å². The summed E-state index contributed by atoms with van der Waals surface area (Å²) in [5, 5.41) is 0. The van der Waals surface area contributed by atoms with E-state index in [-0.39, 0.29) is 11.5 Å². The maximum absolute atomic E-state index is 13.7. The van der Waals surface area contributed by atoms with E-state index in [1.165, 1.54) is 25.1 Å². The largest absolute Gasteiger partial charge is 0.497 e. The van der Waals surface area contributed by atoms with Gasteiger partial charge in [-0.25, -0.2) is 4.39 Å². The topological polar surface area (TPSA) is 35.5 Å². The maximum atomic E-state index is 13.7. The van der Waals surface area contributed by atoms with Gasteiger partial charge in [-0.1, -0.05) is 0 Å². The van der Waals surface area contributed by atoms with Crippen LogP contribution in [0.5, 0.6) is 17.2 Å². The molecule has 2 aromatic carbocycles. The molecule has 0 saturated carbocycles. The summed E-state index contributed by atoms with van der Waals surface area (Å²) in [6.45, 7) is 1.39. The Morgan fingerprint density at radius 3 is 2.21 bits per heavy atom. The quantitative estimate of drug-likeness (QED) is 0.784. The minimum atomic E-state index is -0.566. The van der Waals surface area contributed by atoms with Crippen LogP contribution in [-0.2, 0) is 0 Å². The fourth-order valence-corrected chi connectivity index (χ4v) is 1.57. The van der Waals surface area contributed by atoms with E-state index in [1.54, 1.807) is 31.4 Å². The van der Waals surface area contributed by atoms with Gasteiger partial charge in [0.1, 0.15) is 11.5 Å². The molecule has 0 amide bonds. The van der Waals surface area contributed by atoms with Gasteiger partial charge in [0.15, 0.2) is 17.3 Å². The molecule has 0 aliphatic rings. The first-order chi connectivity index (χ1) is 9.10. The molecule has 2 rings (SSSR count). The van der Waals surface area contributed by atoms with E-state index < -0.39 is 5.82 Å². The number of Topliss-reactive ketones (excluding diaryl/α,β-unsaturated/α-hetero) is 1. The Morgan fingerprint density at radius 1 is 1.05 bits per heavy atom. The van der Waals surface area contributed by atoms with Gasteiger partial charge in [0, 0.05) is 5.56 Å². The van der Waals surface area contributed by atoms with E-state index in [2.05, 4.69) is 0 Å². The molecule has 0 radical (unpaired) electrons. The fourth-order valence-electron chi connectivity index (χ4n) is 1.57. The van der Waals surface area contributed by atoms with Crippen LogP contribution in [0.4, 0.5) is 4.39 Å². The first-order valence-electron chi connectivity index (χ1n) is 5.72. The number of benzene rings is 2. The Hall–Kier alpha value is -2.36. The normalized spacial score (nSPS) is 10.1. The molecule has 0 heterocycles. The minimum Gasteiger partial charge on any atom is -0.497 e. The summed E-state index contributed by atoms with van der Waals surface area (Å²) in [6.07, 6.45) is 0. The lowest BCUT2D eigenvalue weighted by Crippen LogP contribution is -1.95. The molecule has 4 heteroatoms. The molecular formula is C15H13FO3. The van der Waals surface area contributed by atoms with Crippen LogP contribution >= 0.6 is 0 Å².